The minimum Gasteiger partial charge on any atom is -0.494 e. The average molecular weight is 224 g/mol. The van der Waals surface area contributed by atoms with Crippen LogP contribution in [0.1, 0.15) is 10.4 Å². The topological polar surface area (TPSA) is 80.2 Å². The van der Waals surface area contributed by atoms with Crippen molar-refractivity contribution in [2.45, 2.75) is 0 Å². The van der Waals surface area contributed by atoms with Crippen LogP contribution < -0.4 is 10.2 Å². The van der Waals surface area contributed by atoms with Crippen LogP contribution in [0.4, 0.5) is 5.69 Å². The van der Waals surface area contributed by atoms with Crippen LogP contribution in [-0.2, 0) is 4.74 Å². The van der Waals surface area contributed by atoms with Crippen molar-refractivity contribution in [2.75, 3.05) is 14.2 Å². The molecule has 0 aliphatic rings. The summed E-state index contributed by atoms with van der Waals surface area (Å²) in [7, 11) is 2.78. The van der Waals surface area contributed by atoms with Gasteiger partial charge in [0, 0.05) is 0 Å². The zero-order valence-electron chi connectivity index (χ0n) is 8.93. The molecule has 0 saturated heterocycles. The lowest BCUT2D eigenvalue weighted by Gasteiger charge is -2.05. The maximum absolute atomic E-state index is 11.3. The van der Waals surface area contributed by atoms with E-state index in [1.807, 2.05) is 0 Å². The fourth-order valence-electron chi connectivity index (χ4n) is 1.13. The summed E-state index contributed by atoms with van der Waals surface area (Å²) < 4.78 is 9.61. The van der Waals surface area contributed by atoms with Gasteiger partial charge in [0.1, 0.15) is 17.8 Å². The third-order valence-electron chi connectivity index (χ3n) is 1.86. The van der Waals surface area contributed by atoms with Crippen molar-refractivity contribution in [1.82, 2.24) is 5.48 Å². The highest BCUT2D eigenvalue weighted by Gasteiger charge is 2.09. The molecule has 1 aromatic carbocycles. The lowest BCUT2D eigenvalue weighted by Crippen LogP contribution is -2.03. The Kier molecular flexibility index (Phi) is 4.28. The van der Waals surface area contributed by atoms with Crippen LogP contribution in [-0.4, -0.2) is 31.7 Å². The number of hydrogen-bond donors (Lipinski definition) is 2. The number of carbonyl (C=O) groups excluding carboxylic acids is 1. The number of carbonyl (C=O) groups is 1. The highest BCUT2D eigenvalue weighted by molar-refractivity contribution is 5.91. The molecular weight excluding hydrogens is 212 g/mol. The molecular formula is C10H12N2O4. The second kappa shape index (κ2) is 5.72. The van der Waals surface area contributed by atoms with Gasteiger partial charge in [-0.3, -0.25) is 10.7 Å². The lowest BCUT2D eigenvalue weighted by atomic mass is 10.2. The fourth-order valence-corrected chi connectivity index (χ4v) is 1.13. The summed E-state index contributed by atoms with van der Waals surface area (Å²) in [5.74, 6) is 0.0233. The van der Waals surface area contributed by atoms with Gasteiger partial charge in [0.15, 0.2) is 0 Å². The van der Waals surface area contributed by atoms with E-state index >= 15 is 0 Å². The van der Waals surface area contributed by atoms with Gasteiger partial charge in [-0.25, -0.2) is 9.79 Å². The van der Waals surface area contributed by atoms with Crippen molar-refractivity contribution in [3.63, 3.8) is 0 Å². The summed E-state index contributed by atoms with van der Waals surface area (Å²) in [5, 5.41) is 8.38. The smallest absolute Gasteiger partial charge is 0.337 e. The maximum Gasteiger partial charge on any atom is 0.337 e. The fraction of sp³-hybridized carbons (Fsp3) is 0.200. The standard InChI is InChI=1S/C10H12N2O4/c1-15-9-4-3-7(10(13)16-2)5-8(9)11-6-12-14/h3-6,14H,1-2H3,(H,11,12). The van der Waals surface area contributed by atoms with Crippen molar-refractivity contribution in [1.29, 1.82) is 0 Å². The molecule has 0 radical (unpaired) electrons. The summed E-state index contributed by atoms with van der Waals surface area (Å²) in [5.41, 5.74) is 2.53. The predicted molar refractivity (Wildman–Crippen MR) is 57.4 cm³/mol. The number of hydrogen-bond acceptors (Lipinski definition) is 5. The average Bonchev–Trinajstić information content (AvgIpc) is 2.34. The molecule has 86 valence electrons. The van der Waals surface area contributed by atoms with Gasteiger partial charge in [-0.1, -0.05) is 0 Å². The Morgan fingerprint density at radius 3 is 2.81 bits per heavy atom. The Labute approximate surface area is 92.5 Å². The van der Waals surface area contributed by atoms with Crippen molar-refractivity contribution in [3.8, 4) is 5.75 Å². The van der Waals surface area contributed by atoms with Crippen molar-refractivity contribution >= 4 is 18.0 Å². The van der Waals surface area contributed by atoms with Crippen LogP contribution in [0.2, 0.25) is 0 Å². The first-order valence-corrected chi connectivity index (χ1v) is 4.41. The Bertz CT molecular complexity index is 404. The maximum atomic E-state index is 11.3. The molecule has 0 aliphatic carbocycles. The number of benzene rings is 1. The number of nitrogens with zero attached hydrogens (tertiary/aromatic N) is 1. The normalized spacial score (nSPS) is 10.2. The van der Waals surface area contributed by atoms with Gasteiger partial charge in [0.05, 0.1) is 19.8 Å². The number of methoxy groups -OCH3 is 2. The first-order chi connectivity index (χ1) is 7.72. The lowest BCUT2D eigenvalue weighted by molar-refractivity contribution is 0.0600. The molecule has 0 unspecified atom stereocenters. The highest BCUT2D eigenvalue weighted by atomic mass is 16.5. The molecule has 0 heterocycles. The van der Waals surface area contributed by atoms with E-state index in [1.165, 1.54) is 20.3 Å². The first-order valence-electron chi connectivity index (χ1n) is 4.41. The van der Waals surface area contributed by atoms with E-state index in [9.17, 15) is 4.79 Å². The molecule has 0 saturated carbocycles. The minimum atomic E-state index is -0.462. The highest BCUT2D eigenvalue weighted by Crippen LogP contribution is 2.28. The number of aliphatic imine (C=N–C) groups is 1. The molecule has 0 bridgehead atoms. The van der Waals surface area contributed by atoms with Crippen LogP contribution in [0.5, 0.6) is 5.75 Å². The molecule has 6 nitrogen and oxygen atoms in total. The van der Waals surface area contributed by atoms with Gasteiger partial charge in [-0.05, 0) is 18.2 Å². The Hall–Kier alpha value is -2.08. The minimum absolute atomic E-state index is 0.355. The predicted octanol–water partition coefficient (Wildman–Crippen LogP) is 1.12. The third-order valence-corrected chi connectivity index (χ3v) is 1.86. The van der Waals surface area contributed by atoms with Gasteiger partial charge in [0.2, 0.25) is 0 Å². The first kappa shape index (κ1) is 12.0. The van der Waals surface area contributed by atoms with Gasteiger partial charge in [0.25, 0.3) is 0 Å². The molecule has 2 N–H and O–H groups in total. The van der Waals surface area contributed by atoms with E-state index in [0.29, 0.717) is 17.0 Å². The van der Waals surface area contributed by atoms with Crippen LogP contribution in [0, 0.1) is 0 Å². The summed E-state index contributed by atoms with van der Waals surface area (Å²) in [6.07, 6.45) is 1.07. The number of nitrogens with one attached hydrogen (secondary N) is 1. The van der Waals surface area contributed by atoms with Crippen LogP contribution >= 0.6 is 0 Å². The number of rotatable bonds is 4. The molecule has 0 amide bonds. The van der Waals surface area contributed by atoms with Gasteiger partial charge < -0.3 is 9.47 Å². The molecule has 1 rings (SSSR count). The van der Waals surface area contributed by atoms with Gasteiger partial charge >= 0.3 is 5.97 Å². The molecule has 0 aliphatic heterocycles. The van der Waals surface area contributed by atoms with E-state index < -0.39 is 5.97 Å². The Balaban J connectivity index is 3.10. The molecule has 16 heavy (non-hydrogen) atoms. The van der Waals surface area contributed by atoms with E-state index in [2.05, 4.69) is 9.73 Å². The third kappa shape index (κ3) is 2.71. The number of esters is 1. The van der Waals surface area contributed by atoms with Crippen molar-refractivity contribution in [3.05, 3.63) is 23.8 Å². The Morgan fingerprint density at radius 2 is 2.25 bits per heavy atom. The van der Waals surface area contributed by atoms with E-state index in [4.69, 9.17) is 9.94 Å². The van der Waals surface area contributed by atoms with Gasteiger partial charge in [-0.2, -0.15) is 0 Å². The van der Waals surface area contributed by atoms with E-state index in [0.717, 1.165) is 6.34 Å². The molecule has 0 fully saturated rings. The summed E-state index contributed by atoms with van der Waals surface area (Å²) in [6.45, 7) is 0. The summed E-state index contributed by atoms with van der Waals surface area (Å²) in [6, 6.07) is 4.66. The zero-order valence-corrected chi connectivity index (χ0v) is 8.93. The van der Waals surface area contributed by atoms with Crippen molar-refractivity contribution < 1.29 is 19.5 Å². The van der Waals surface area contributed by atoms with Gasteiger partial charge in [-0.15, -0.1) is 0 Å². The molecule has 1 aromatic rings. The second-order valence-electron chi connectivity index (χ2n) is 2.77. The summed E-state index contributed by atoms with van der Waals surface area (Å²) in [4.78, 5) is 15.1. The molecule has 0 spiro atoms. The summed E-state index contributed by atoms with van der Waals surface area (Å²) >= 11 is 0. The van der Waals surface area contributed by atoms with Crippen LogP contribution in [0.25, 0.3) is 0 Å². The number of hydroxylamine groups is 1. The SMILES string of the molecule is COC(=O)c1ccc(OC)c(N=CNO)c1. The monoisotopic (exact) mass is 224 g/mol. The van der Waals surface area contributed by atoms with E-state index in [1.54, 1.807) is 17.6 Å². The van der Waals surface area contributed by atoms with E-state index in [-0.39, 0.29) is 0 Å². The Morgan fingerprint density at radius 1 is 1.50 bits per heavy atom. The zero-order chi connectivity index (χ0) is 12.0. The quantitative estimate of drug-likeness (QED) is 0.346. The van der Waals surface area contributed by atoms with Crippen molar-refractivity contribution in [2.24, 2.45) is 4.99 Å². The van der Waals surface area contributed by atoms with Crippen LogP contribution in [0.3, 0.4) is 0 Å². The van der Waals surface area contributed by atoms with Crippen LogP contribution in [0.15, 0.2) is 23.2 Å². The molecule has 0 atom stereocenters. The number of ether oxygens (including phenoxy) is 2. The molecule has 6 heteroatoms. The largest absolute Gasteiger partial charge is 0.494 e. The molecule has 0 aromatic heterocycles. The second-order valence-corrected chi connectivity index (χ2v) is 2.77.